The third kappa shape index (κ3) is 4.69. The van der Waals surface area contributed by atoms with Crippen molar-refractivity contribution in [2.75, 3.05) is 20.1 Å². The summed E-state index contributed by atoms with van der Waals surface area (Å²) >= 11 is 0. The minimum absolute atomic E-state index is 0.186. The molecular formula is C13H20N4O3S. The lowest BCUT2D eigenvalue weighted by atomic mass is 10.3. The fraction of sp³-hybridized carbons (Fsp3) is 0.462. The van der Waals surface area contributed by atoms with Crippen LogP contribution < -0.4 is 10.0 Å². The molecule has 7 nitrogen and oxygen atoms in total. The zero-order valence-corrected chi connectivity index (χ0v) is 12.8. The van der Waals surface area contributed by atoms with Gasteiger partial charge in [-0.2, -0.15) is 5.10 Å². The van der Waals surface area contributed by atoms with Crippen molar-refractivity contribution in [1.82, 2.24) is 19.8 Å². The van der Waals surface area contributed by atoms with Gasteiger partial charge in [-0.1, -0.05) is 0 Å². The van der Waals surface area contributed by atoms with Gasteiger partial charge in [0.2, 0.25) is 10.0 Å². The van der Waals surface area contributed by atoms with E-state index in [-0.39, 0.29) is 4.90 Å². The fourth-order valence-corrected chi connectivity index (χ4v) is 2.85. The van der Waals surface area contributed by atoms with Crippen molar-refractivity contribution in [3.05, 3.63) is 36.5 Å². The van der Waals surface area contributed by atoms with Crippen LogP contribution in [-0.2, 0) is 23.0 Å². The number of hydrogen-bond donors (Lipinski definition) is 2. The minimum atomic E-state index is -3.51. The van der Waals surface area contributed by atoms with E-state index in [1.807, 2.05) is 13.1 Å². The highest BCUT2D eigenvalue weighted by Gasteiger charge is 2.16. The summed E-state index contributed by atoms with van der Waals surface area (Å²) in [4.78, 5) is 0.186. The summed E-state index contributed by atoms with van der Waals surface area (Å²) in [6.07, 6.45) is 5.89. The summed E-state index contributed by atoms with van der Waals surface area (Å²) in [5.74, 6) is 0.750. The monoisotopic (exact) mass is 312 g/mol. The van der Waals surface area contributed by atoms with E-state index in [0.717, 1.165) is 18.7 Å². The van der Waals surface area contributed by atoms with Crippen molar-refractivity contribution in [3.8, 4) is 0 Å². The van der Waals surface area contributed by atoms with Crippen LogP contribution in [0.4, 0.5) is 0 Å². The third-order valence-electron chi connectivity index (χ3n) is 2.98. The predicted molar refractivity (Wildman–Crippen MR) is 78.4 cm³/mol. The lowest BCUT2D eigenvalue weighted by Gasteiger charge is -2.03. The van der Waals surface area contributed by atoms with Gasteiger partial charge >= 0.3 is 0 Å². The van der Waals surface area contributed by atoms with Crippen LogP contribution in [0.3, 0.4) is 0 Å². The molecule has 0 spiro atoms. The second-order valence-corrected chi connectivity index (χ2v) is 6.39. The van der Waals surface area contributed by atoms with Gasteiger partial charge in [-0.15, -0.1) is 0 Å². The van der Waals surface area contributed by atoms with Gasteiger partial charge in [-0.05, 0) is 32.1 Å². The summed E-state index contributed by atoms with van der Waals surface area (Å²) in [5.41, 5.74) is 0. The topological polar surface area (TPSA) is 89.2 Å². The maximum absolute atomic E-state index is 12.1. The van der Waals surface area contributed by atoms with Gasteiger partial charge in [0, 0.05) is 25.7 Å². The molecule has 0 bridgehead atoms. The first-order chi connectivity index (χ1) is 10.1. The average molecular weight is 312 g/mol. The second kappa shape index (κ2) is 7.39. The smallest absolute Gasteiger partial charge is 0.243 e. The Hall–Kier alpha value is -1.64. The number of aromatic nitrogens is 2. The quantitative estimate of drug-likeness (QED) is 0.662. The van der Waals surface area contributed by atoms with E-state index in [9.17, 15) is 8.42 Å². The summed E-state index contributed by atoms with van der Waals surface area (Å²) in [7, 11) is -1.64. The molecule has 21 heavy (non-hydrogen) atoms. The first kappa shape index (κ1) is 15.7. The predicted octanol–water partition coefficient (Wildman–Crippen LogP) is 0.607. The molecule has 0 saturated carbocycles. The standard InChI is InChI=1S/C13H20N4O3S/c1-14-6-3-8-17-11-13(10-15-17)21(18,19)16-7-5-12-4-2-9-20-12/h2,4,9-11,14,16H,3,5-8H2,1H3. The SMILES string of the molecule is CNCCCn1cc(S(=O)(=O)NCCc2ccco2)cn1. The van der Waals surface area contributed by atoms with Crippen LogP contribution in [0.25, 0.3) is 0 Å². The Kier molecular flexibility index (Phi) is 5.54. The number of nitrogens with one attached hydrogen (secondary N) is 2. The van der Waals surface area contributed by atoms with Crippen LogP contribution in [0.5, 0.6) is 0 Å². The minimum Gasteiger partial charge on any atom is -0.469 e. The molecular weight excluding hydrogens is 292 g/mol. The molecule has 0 atom stereocenters. The molecule has 0 aliphatic rings. The molecule has 0 amide bonds. The maximum atomic E-state index is 12.1. The van der Waals surface area contributed by atoms with Crippen molar-refractivity contribution < 1.29 is 12.8 Å². The van der Waals surface area contributed by atoms with Crippen LogP contribution in [0.2, 0.25) is 0 Å². The number of aryl methyl sites for hydroxylation is 1. The van der Waals surface area contributed by atoms with Gasteiger partial charge in [-0.3, -0.25) is 4.68 Å². The van der Waals surface area contributed by atoms with Crippen molar-refractivity contribution in [1.29, 1.82) is 0 Å². The Morgan fingerprint density at radius 1 is 1.38 bits per heavy atom. The van der Waals surface area contributed by atoms with Gasteiger partial charge in [0.1, 0.15) is 10.7 Å². The normalized spacial score (nSPS) is 11.9. The molecule has 0 aliphatic carbocycles. The Morgan fingerprint density at radius 3 is 2.95 bits per heavy atom. The van der Waals surface area contributed by atoms with Gasteiger partial charge < -0.3 is 9.73 Å². The summed E-state index contributed by atoms with van der Waals surface area (Å²) in [5, 5.41) is 7.10. The molecule has 2 heterocycles. The van der Waals surface area contributed by atoms with Crippen molar-refractivity contribution in [2.45, 2.75) is 24.3 Å². The van der Waals surface area contributed by atoms with Gasteiger partial charge in [0.05, 0.1) is 12.5 Å². The van der Waals surface area contributed by atoms with Crippen LogP contribution in [-0.4, -0.2) is 38.3 Å². The highest BCUT2D eigenvalue weighted by atomic mass is 32.2. The molecule has 0 fully saturated rings. The average Bonchev–Trinajstić information content (AvgIpc) is 3.10. The van der Waals surface area contributed by atoms with E-state index in [1.54, 1.807) is 23.2 Å². The lowest BCUT2D eigenvalue weighted by Crippen LogP contribution is -2.25. The fourth-order valence-electron chi connectivity index (χ4n) is 1.87. The van der Waals surface area contributed by atoms with E-state index in [0.29, 0.717) is 19.5 Å². The van der Waals surface area contributed by atoms with Crippen LogP contribution in [0, 0.1) is 0 Å². The molecule has 0 aliphatic heterocycles. The van der Waals surface area contributed by atoms with E-state index in [2.05, 4.69) is 15.1 Å². The largest absolute Gasteiger partial charge is 0.469 e. The van der Waals surface area contributed by atoms with Gasteiger partial charge in [-0.25, -0.2) is 13.1 Å². The Balaban J connectivity index is 1.86. The van der Waals surface area contributed by atoms with Crippen LogP contribution >= 0.6 is 0 Å². The van der Waals surface area contributed by atoms with Crippen LogP contribution in [0.1, 0.15) is 12.2 Å². The van der Waals surface area contributed by atoms with Gasteiger partial charge in [0.15, 0.2) is 0 Å². The number of furan rings is 1. The Morgan fingerprint density at radius 2 is 2.24 bits per heavy atom. The molecule has 0 saturated heterocycles. The molecule has 0 unspecified atom stereocenters. The second-order valence-electron chi connectivity index (χ2n) is 4.62. The molecule has 8 heteroatoms. The van der Waals surface area contributed by atoms with E-state index >= 15 is 0 Å². The summed E-state index contributed by atoms with van der Waals surface area (Å²) in [6.45, 7) is 1.84. The highest BCUT2D eigenvalue weighted by molar-refractivity contribution is 7.89. The molecule has 0 aromatic carbocycles. The molecule has 0 radical (unpaired) electrons. The first-order valence-corrected chi connectivity index (χ1v) is 8.29. The van der Waals surface area contributed by atoms with Crippen LogP contribution in [0.15, 0.2) is 40.1 Å². The third-order valence-corrected chi connectivity index (χ3v) is 4.39. The molecule has 2 aromatic heterocycles. The summed E-state index contributed by atoms with van der Waals surface area (Å²) < 4.78 is 33.5. The summed E-state index contributed by atoms with van der Waals surface area (Å²) in [6, 6.07) is 3.59. The molecule has 2 rings (SSSR count). The van der Waals surface area contributed by atoms with Crippen molar-refractivity contribution in [3.63, 3.8) is 0 Å². The first-order valence-electron chi connectivity index (χ1n) is 6.81. The van der Waals surface area contributed by atoms with Crippen molar-refractivity contribution in [2.24, 2.45) is 0 Å². The Bertz CT molecular complexity index is 634. The lowest BCUT2D eigenvalue weighted by molar-refractivity contribution is 0.506. The van der Waals surface area contributed by atoms with E-state index in [1.165, 1.54) is 6.20 Å². The number of rotatable bonds is 9. The number of nitrogens with zero attached hydrogens (tertiary/aromatic N) is 2. The van der Waals surface area contributed by atoms with E-state index < -0.39 is 10.0 Å². The van der Waals surface area contributed by atoms with Crippen molar-refractivity contribution >= 4 is 10.0 Å². The molecule has 2 aromatic rings. The number of hydrogen-bond acceptors (Lipinski definition) is 5. The Labute approximate surface area is 124 Å². The zero-order valence-electron chi connectivity index (χ0n) is 11.9. The molecule has 116 valence electrons. The number of sulfonamides is 1. The van der Waals surface area contributed by atoms with E-state index in [4.69, 9.17) is 4.42 Å². The zero-order chi connectivity index (χ0) is 15.1. The van der Waals surface area contributed by atoms with Gasteiger partial charge in [0.25, 0.3) is 0 Å². The molecule has 2 N–H and O–H groups in total. The maximum Gasteiger partial charge on any atom is 0.243 e. The highest BCUT2D eigenvalue weighted by Crippen LogP contribution is 2.08.